The van der Waals surface area contributed by atoms with Crippen LogP contribution in [-0.2, 0) is 0 Å². The molecular weight excluding hydrogens is 246 g/mol. The number of hydrogen-bond donors (Lipinski definition) is 1. The van der Waals surface area contributed by atoms with E-state index in [1.54, 1.807) is 0 Å². The van der Waals surface area contributed by atoms with Crippen molar-refractivity contribution in [3.05, 3.63) is 29.8 Å². The average molecular weight is 275 g/mol. The predicted octanol–water partition coefficient (Wildman–Crippen LogP) is 4.56. The molecule has 1 fully saturated rings. The smallest absolute Gasteiger partial charge is 0.119 e. The highest BCUT2D eigenvalue weighted by Gasteiger charge is 2.23. The van der Waals surface area contributed by atoms with Gasteiger partial charge in [0.15, 0.2) is 0 Å². The van der Waals surface area contributed by atoms with Gasteiger partial charge < -0.3 is 10.1 Å². The Morgan fingerprint density at radius 3 is 2.40 bits per heavy atom. The molecule has 112 valence electrons. The lowest BCUT2D eigenvalue weighted by Gasteiger charge is -2.20. The molecule has 1 N–H and O–H groups in total. The summed E-state index contributed by atoms with van der Waals surface area (Å²) in [5.41, 5.74) is 1.34. The van der Waals surface area contributed by atoms with Crippen LogP contribution in [0.3, 0.4) is 0 Å². The largest absolute Gasteiger partial charge is 0.491 e. The van der Waals surface area contributed by atoms with E-state index in [0.717, 1.165) is 24.1 Å². The van der Waals surface area contributed by atoms with Crippen LogP contribution in [0.25, 0.3) is 0 Å². The van der Waals surface area contributed by atoms with E-state index in [-0.39, 0.29) is 6.10 Å². The van der Waals surface area contributed by atoms with Gasteiger partial charge in [-0.15, -0.1) is 0 Å². The van der Waals surface area contributed by atoms with Crippen LogP contribution in [0.15, 0.2) is 24.3 Å². The molecule has 0 radical (unpaired) electrons. The van der Waals surface area contributed by atoms with Crippen LogP contribution < -0.4 is 10.1 Å². The number of ether oxygens (including phenoxy) is 1. The van der Waals surface area contributed by atoms with Crippen LogP contribution in [0.5, 0.6) is 5.75 Å². The molecule has 0 saturated heterocycles. The third-order valence-corrected chi connectivity index (χ3v) is 4.48. The lowest BCUT2D eigenvalue weighted by molar-refractivity contribution is 0.242. The Labute approximate surface area is 123 Å². The second-order valence-corrected chi connectivity index (χ2v) is 6.53. The van der Waals surface area contributed by atoms with Gasteiger partial charge in [0.05, 0.1) is 6.10 Å². The summed E-state index contributed by atoms with van der Waals surface area (Å²) in [6, 6.07) is 8.91. The molecule has 0 aromatic heterocycles. The molecule has 1 aromatic carbocycles. The zero-order valence-electron chi connectivity index (χ0n) is 13.4. The van der Waals surface area contributed by atoms with Gasteiger partial charge >= 0.3 is 0 Å². The topological polar surface area (TPSA) is 21.3 Å². The normalized spacial score (nSPS) is 24.1. The molecule has 1 aromatic rings. The Bertz CT molecular complexity index is 398. The zero-order chi connectivity index (χ0) is 14.5. The van der Waals surface area contributed by atoms with Crippen molar-refractivity contribution in [3.8, 4) is 5.75 Å². The monoisotopic (exact) mass is 275 g/mol. The quantitative estimate of drug-likeness (QED) is 0.821. The van der Waals surface area contributed by atoms with Gasteiger partial charge in [0, 0.05) is 6.04 Å². The van der Waals surface area contributed by atoms with Crippen LogP contribution in [0.2, 0.25) is 0 Å². The molecule has 2 nitrogen and oxygen atoms in total. The summed E-state index contributed by atoms with van der Waals surface area (Å²) < 4.78 is 5.68. The van der Waals surface area contributed by atoms with Gasteiger partial charge in [0.1, 0.15) is 5.75 Å². The minimum Gasteiger partial charge on any atom is -0.491 e. The summed E-state index contributed by atoms with van der Waals surface area (Å²) in [6.07, 6.45) is 4.44. The molecular formula is C18H29NO. The van der Waals surface area contributed by atoms with Gasteiger partial charge in [-0.1, -0.05) is 31.9 Å². The van der Waals surface area contributed by atoms with Gasteiger partial charge in [-0.25, -0.2) is 0 Å². The summed E-state index contributed by atoms with van der Waals surface area (Å²) in [7, 11) is 0. The van der Waals surface area contributed by atoms with E-state index in [1.807, 2.05) is 0 Å². The number of hydrogen-bond acceptors (Lipinski definition) is 2. The zero-order valence-corrected chi connectivity index (χ0v) is 13.4. The first-order chi connectivity index (χ1) is 9.56. The maximum absolute atomic E-state index is 5.68. The first kappa shape index (κ1) is 15.4. The van der Waals surface area contributed by atoms with Crippen molar-refractivity contribution in [3.63, 3.8) is 0 Å². The van der Waals surface area contributed by atoms with Crippen molar-refractivity contribution in [2.24, 2.45) is 11.8 Å². The number of rotatable bonds is 6. The molecule has 3 unspecified atom stereocenters. The van der Waals surface area contributed by atoms with Gasteiger partial charge in [0.25, 0.3) is 0 Å². The van der Waals surface area contributed by atoms with Gasteiger partial charge in [0.2, 0.25) is 0 Å². The molecule has 2 heteroatoms. The SMILES string of the molecule is CC(C)Oc1ccc(C(C)NCC2CCCC2C)cc1. The Kier molecular flexibility index (Phi) is 5.47. The Balaban J connectivity index is 1.84. The average Bonchev–Trinajstić information content (AvgIpc) is 2.82. The summed E-state index contributed by atoms with van der Waals surface area (Å²) >= 11 is 0. The Morgan fingerprint density at radius 2 is 1.85 bits per heavy atom. The van der Waals surface area contributed by atoms with Crippen LogP contribution >= 0.6 is 0 Å². The predicted molar refractivity (Wildman–Crippen MR) is 85.1 cm³/mol. The Morgan fingerprint density at radius 1 is 1.15 bits per heavy atom. The van der Waals surface area contributed by atoms with Crippen molar-refractivity contribution in [2.75, 3.05) is 6.54 Å². The minimum absolute atomic E-state index is 0.236. The lowest BCUT2D eigenvalue weighted by Crippen LogP contribution is -2.27. The summed E-state index contributed by atoms with van der Waals surface area (Å²) in [5.74, 6) is 2.71. The molecule has 20 heavy (non-hydrogen) atoms. The lowest BCUT2D eigenvalue weighted by atomic mass is 9.97. The second kappa shape index (κ2) is 7.12. The molecule has 0 aliphatic heterocycles. The van der Waals surface area contributed by atoms with Crippen molar-refractivity contribution < 1.29 is 4.74 Å². The Hall–Kier alpha value is -1.02. The standard InChI is InChI=1S/C18H29NO/c1-13(2)20-18-10-8-16(9-11-18)15(4)19-12-17-7-5-6-14(17)3/h8-11,13-15,17,19H,5-7,12H2,1-4H3. The molecule has 1 aliphatic carbocycles. The van der Waals surface area contributed by atoms with Gasteiger partial charge in [-0.2, -0.15) is 0 Å². The van der Waals surface area contributed by atoms with E-state index in [9.17, 15) is 0 Å². The molecule has 2 rings (SSSR count). The molecule has 0 bridgehead atoms. The highest BCUT2D eigenvalue weighted by molar-refractivity contribution is 5.29. The van der Waals surface area contributed by atoms with E-state index in [2.05, 4.69) is 57.3 Å². The first-order valence-corrected chi connectivity index (χ1v) is 8.06. The van der Waals surface area contributed by atoms with Crippen LogP contribution in [0.4, 0.5) is 0 Å². The van der Waals surface area contributed by atoms with Gasteiger partial charge in [-0.3, -0.25) is 0 Å². The van der Waals surface area contributed by atoms with E-state index in [1.165, 1.54) is 24.8 Å². The van der Waals surface area contributed by atoms with Crippen molar-refractivity contribution in [1.82, 2.24) is 5.32 Å². The molecule has 0 heterocycles. The molecule has 3 atom stereocenters. The molecule has 1 aliphatic rings. The number of nitrogens with one attached hydrogen (secondary N) is 1. The first-order valence-electron chi connectivity index (χ1n) is 8.06. The van der Waals surface area contributed by atoms with Crippen molar-refractivity contribution in [2.45, 2.75) is 59.1 Å². The minimum atomic E-state index is 0.236. The van der Waals surface area contributed by atoms with Crippen molar-refractivity contribution in [1.29, 1.82) is 0 Å². The van der Waals surface area contributed by atoms with Crippen LogP contribution in [-0.4, -0.2) is 12.6 Å². The van der Waals surface area contributed by atoms with E-state index in [0.29, 0.717) is 6.04 Å². The maximum Gasteiger partial charge on any atom is 0.119 e. The van der Waals surface area contributed by atoms with E-state index < -0.39 is 0 Å². The summed E-state index contributed by atoms with van der Waals surface area (Å²) in [5, 5.41) is 3.69. The second-order valence-electron chi connectivity index (χ2n) is 6.53. The highest BCUT2D eigenvalue weighted by atomic mass is 16.5. The van der Waals surface area contributed by atoms with Crippen LogP contribution in [0.1, 0.15) is 58.6 Å². The number of benzene rings is 1. The fourth-order valence-corrected chi connectivity index (χ4v) is 3.08. The summed E-state index contributed by atoms with van der Waals surface area (Å²) in [4.78, 5) is 0. The third-order valence-electron chi connectivity index (χ3n) is 4.48. The maximum atomic E-state index is 5.68. The fraction of sp³-hybridized carbons (Fsp3) is 0.667. The van der Waals surface area contributed by atoms with Crippen molar-refractivity contribution >= 4 is 0 Å². The van der Waals surface area contributed by atoms with E-state index in [4.69, 9.17) is 4.74 Å². The molecule has 0 spiro atoms. The third kappa shape index (κ3) is 4.24. The summed E-state index contributed by atoms with van der Waals surface area (Å²) in [6.45, 7) is 9.90. The molecule has 0 amide bonds. The fourth-order valence-electron chi connectivity index (χ4n) is 3.08. The van der Waals surface area contributed by atoms with Crippen LogP contribution in [0, 0.1) is 11.8 Å². The van der Waals surface area contributed by atoms with E-state index >= 15 is 0 Å². The van der Waals surface area contributed by atoms with Gasteiger partial charge in [-0.05, 0) is 63.3 Å². The highest BCUT2D eigenvalue weighted by Crippen LogP contribution is 2.31. The molecule has 1 saturated carbocycles.